The second-order valence-electron chi connectivity index (χ2n) is 6.26. The van der Waals surface area contributed by atoms with Gasteiger partial charge in [0, 0.05) is 38.8 Å². The topological polar surface area (TPSA) is 18.5 Å². The summed E-state index contributed by atoms with van der Waals surface area (Å²) in [5, 5.41) is 3.31. The fourth-order valence-electron chi connectivity index (χ4n) is 3.34. The predicted molar refractivity (Wildman–Crippen MR) is 68.7 cm³/mol. The summed E-state index contributed by atoms with van der Waals surface area (Å²) in [5.74, 6) is 0. The van der Waals surface area contributed by atoms with Crippen molar-refractivity contribution in [2.24, 2.45) is 5.41 Å². The van der Waals surface area contributed by atoms with Crippen molar-refractivity contribution < 1.29 is 0 Å². The van der Waals surface area contributed by atoms with Gasteiger partial charge in [0.25, 0.3) is 0 Å². The maximum atomic E-state index is 3.31. The number of hydrogen-bond acceptors (Lipinski definition) is 3. The van der Waals surface area contributed by atoms with Crippen molar-refractivity contribution in [2.45, 2.75) is 32.7 Å². The van der Waals surface area contributed by atoms with E-state index in [2.05, 4.69) is 36.0 Å². The summed E-state index contributed by atoms with van der Waals surface area (Å²) in [7, 11) is 2.05. The lowest BCUT2D eigenvalue weighted by molar-refractivity contribution is 0.0748. The van der Waals surface area contributed by atoms with Crippen molar-refractivity contribution in [2.75, 3.05) is 46.3 Å². The Morgan fingerprint density at radius 3 is 2.81 bits per heavy atom. The number of rotatable bonds is 4. The molecule has 2 fully saturated rings. The molecular weight excluding hydrogens is 198 g/mol. The molecule has 0 saturated carbocycles. The van der Waals surface area contributed by atoms with Crippen LogP contribution in [0.3, 0.4) is 0 Å². The van der Waals surface area contributed by atoms with E-state index in [4.69, 9.17) is 0 Å². The molecule has 2 rings (SSSR count). The smallest absolute Gasteiger partial charge is 0.0224 e. The number of nitrogens with zero attached hydrogens (tertiary/aromatic N) is 2. The van der Waals surface area contributed by atoms with Gasteiger partial charge < -0.3 is 5.32 Å². The Kier molecular flexibility index (Phi) is 3.88. The fourth-order valence-corrected chi connectivity index (χ4v) is 3.34. The van der Waals surface area contributed by atoms with Gasteiger partial charge in [-0.15, -0.1) is 0 Å². The molecule has 2 aliphatic heterocycles. The molecule has 0 aromatic heterocycles. The van der Waals surface area contributed by atoms with E-state index in [1.54, 1.807) is 0 Å². The van der Waals surface area contributed by atoms with Crippen LogP contribution in [0.15, 0.2) is 0 Å². The lowest BCUT2D eigenvalue weighted by Crippen LogP contribution is -2.53. The van der Waals surface area contributed by atoms with Crippen LogP contribution in [0.4, 0.5) is 0 Å². The predicted octanol–water partition coefficient (Wildman–Crippen LogP) is 1.01. The number of fused-ring (bicyclic) bond motifs is 1. The van der Waals surface area contributed by atoms with Crippen LogP contribution in [0, 0.1) is 5.41 Å². The molecule has 0 spiro atoms. The highest BCUT2D eigenvalue weighted by Crippen LogP contribution is 2.24. The minimum atomic E-state index is 0.398. The Bertz CT molecular complexity index is 227. The molecule has 1 N–H and O–H groups in total. The summed E-state index contributed by atoms with van der Waals surface area (Å²) < 4.78 is 0. The van der Waals surface area contributed by atoms with Crippen LogP contribution in [0.25, 0.3) is 0 Å². The van der Waals surface area contributed by atoms with Gasteiger partial charge in [0.15, 0.2) is 0 Å². The Balaban J connectivity index is 1.82. The number of nitrogens with one attached hydrogen (secondary N) is 1. The summed E-state index contributed by atoms with van der Waals surface area (Å²) in [4.78, 5) is 5.35. The summed E-state index contributed by atoms with van der Waals surface area (Å²) in [6.07, 6.45) is 2.83. The summed E-state index contributed by atoms with van der Waals surface area (Å²) >= 11 is 0. The third kappa shape index (κ3) is 2.96. The van der Waals surface area contributed by atoms with Gasteiger partial charge in [-0.25, -0.2) is 0 Å². The third-order valence-electron chi connectivity index (χ3n) is 3.98. The van der Waals surface area contributed by atoms with E-state index in [9.17, 15) is 0 Å². The van der Waals surface area contributed by atoms with E-state index in [0.29, 0.717) is 5.41 Å². The van der Waals surface area contributed by atoms with Gasteiger partial charge in [0.1, 0.15) is 0 Å². The van der Waals surface area contributed by atoms with Crippen molar-refractivity contribution in [3.05, 3.63) is 0 Å². The van der Waals surface area contributed by atoms with Crippen molar-refractivity contribution in [1.82, 2.24) is 15.1 Å². The van der Waals surface area contributed by atoms with Gasteiger partial charge in [-0.05, 0) is 31.8 Å². The molecule has 0 aromatic rings. The Labute approximate surface area is 100 Å². The summed E-state index contributed by atoms with van der Waals surface area (Å²) in [5.41, 5.74) is 0.398. The SMILES string of the molecule is CNCC(C)(C)CN1CCN2CCCC2C1. The maximum Gasteiger partial charge on any atom is 0.0224 e. The molecule has 1 unspecified atom stereocenters. The highest BCUT2D eigenvalue weighted by molar-refractivity contribution is 4.88. The van der Waals surface area contributed by atoms with Crippen molar-refractivity contribution in [1.29, 1.82) is 0 Å². The average molecular weight is 225 g/mol. The monoisotopic (exact) mass is 225 g/mol. The van der Waals surface area contributed by atoms with Gasteiger partial charge in [0.05, 0.1) is 0 Å². The Morgan fingerprint density at radius 1 is 1.25 bits per heavy atom. The van der Waals surface area contributed by atoms with Crippen molar-refractivity contribution in [3.63, 3.8) is 0 Å². The average Bonchev–Trinajstić information content (AvgIpc) is 2.63. The molecule has 3 nitrogen and oxygen atoms in total. The zero-order valence-electron chi connectivity index (χ0n) is 11.1. The zero-order chi connectivity index (χ0) is 11.6. The molecule has 0 radical (unpaired) electrons. The molecule has 94 valence electrons. The van der Waals surface area contributed by atoms with E-state index in [-0.39, 0.29) is 0 Å². The zero-order valence-corrected chi connectivity index (χ0v) is 11.1. The summed E-state index contributed by atoms with van der Waals surface area (Å²) in [6.45, 7) is 12.3. The first-order valence-corrected chi connectivity index (χ1v) is 6.72. The summed E-state index contributed by atoms with van der Waals surface area (Å²) in [6, 6.07) is 0.860. The van der Waals surface area contributed by atoms with E-state index in [1.165, 1.54) is 45.6 Å². The molecule has 0 amide bonds. The second-order valence-corrected chi connectivity index (χ2v) is 6.26. The van der Waals surface area contributed by atoms with E-state index in [0.717, 1.165) is 12.6 Å². The standard InChI is InChI=1S/C13H27N3/c1-13(2,10-14-3)11-15-7-8-16-6-4-5-12(16)9-15/h12,14H,4-11H2,1-3H3. The molecule has 0 aliphatic carbocycles. The Hall–Kier alpha value is -0.120. The molecule has 3 heteroatoms. The van der Waals surface area contributed by atoms with Crippen LogP contribution < -0.4 is 5.32 Å². The van der Waals surface area contributed by atoms with Crippen molar-refractivity contribution >= 4 is 0 Å². The Morgan fingerprint density at radius 2 is 2.06 bits per heavy atom. The lowest BCUT2D eigenvalue weighted by Gasteiger charge is -2.41. The van der Waals surface area contributed by atoms with Crippen LogP contribution in [0.5, 0.6) is 0 Å². The van der Waals surface area contributed by atoms with Gasteiger partial charge in [-0.1, -0.05) is 13.8 Å². The van der Waals surface area contributed by atoms with Gasteiger partial charge in [-0.2, -0.15) is 0 Å². The van der Waals surface area contributed by atoms with Crippen LogP contribution in [0.1, 0.15) is 26.7 Å². The van der Waals surface area contributed by atoms with E-state index >= 15 is 0 Å². The quantitative estimate of drug-likeness (QED) is 0.770. The molecule has 2 aliphatic rings. The van der Waals surface area contributed by atoms with Crippen molar-refractivity contribution in [3.8, 4) is 0 Å². The third-order valence-corrected chi connectivity index (χ3v) is 3.98. The first-order valence-electron chi connectivity index (χ1n) is 6.72. The second kappa shape index (κ2) is 5.03. The normalized spacial score (nSPS) is 28.3. The van der Waals surface area contributed by atoms with Crippen LogP contribution in [-0.2, 0) is 0 Å². The highest BCUT2D eigenvalue weighted by atomic mass is 15.3. The van der Waals surface area contributed by atoms with Crippen LogP contribution in [0.2, 0.25) is 0 Å². The van der Waals surface area contributed by atoms with E-state index in [1.807, 2.05) is 0 Å². The number of hydrogen-bond donors (Lipinski definition) is 1. The lowest BCUT2D eigenvalue weighted by atomic mass is 9.92. The molecule has 0 aromatic carbocycles. The minimum absolute atomic E-state index is 0.398. The number of piperazine rings is 1. The van der Waals surface area contributed by atoms with Gasteiger partial charge in [0.2, 0.25) is 0 Å². The molecule has 0 bridgehead atoms. The molecule has 16 heavy (non-hydrogen) atoms. The molecule has 2 saturated heterocycles. The van der Waals surface area contributed by atoms with Crippen LogP contribution >= 0.6 is 0 Å². The molecular formula is C13H27N3. The first kappa shape index (κ1) is 12.3. The van der Waals surface area contributed by atoms with Gasteiger partial charge in [-0.3, -0.25) is 9.80 Å². The van der Waals surface area contributed by atoms with Crippen LogP contribution in [-0.4, -0.2) is 62.2 Å². The van der Waals surface area contributed by atoms with E-state index < -0.39 is 0 Å². The first-order chi connectivity index (χ1) is 7.61. The molecule has 2 heterocycles. The minimum Gasteiger partial charge on any atom is -0.319 e. The highest BCUT2D eigenvalue weighted by Gasteiger charge is 2.32. The largest absolute Gasteiger partial charge is 0.319 e. The fraction of sp³-hybridized carbons (Fsp3) is 1.00. The molecule has 1 atom stereocenters. The van der Waals surface area contributed by atoms with Gasteiger partial charge >= 0.3 is 0 Å². The maximum absolute atomic E-state index is 3.31.